The van der Waals surface area contributed by atoms with Crippen LogP contribution < -0.4 is 4.74 Å². The van der Waals surface area contributed by atoms with Crippen molar-refractivity contribution < 1.29 is 24.1 Å². The molecule has 5 nitrogen and oxygen atoms in total. The average molecular weight is 924 g/mol. The number of hydrogen-bond donors (Lipinski definition) is 0. The normalized spacial score (nSPS) is 12.9. The molecule has 13 rings (SSSR count). The number of pyridine rings is 2. The van der Waals surface area contributed by atoms with Gasteiger partial charge in [0.2, 0.25) is 0 Å². The first-order valence-corrected chi connectivity index (χ1v) is 21.1. The molecule has 0 radical (unpaired) electrons. The Hall–Kier alpha value is -5.77. The van der Waals surface area contributed by atoms with E-state index in [1.807, 2.05) is 12.3 Å². The Bertz CT molecular complexity index is 3080. The molecular weight excluding hydrogens is 880 g/mol. The van der Waals surface area contributed by atoms with Crippen molar-refractivity contribution in [2.75, 3.05) is 0 Å². The molecule has 9 aromatic rings. The van der Waals surface area contributed by atoms with E-state index in [-0.39, 0.29) is 0 Å². The Labute approximate surface area is 344 Å². The summed E-state index contributed by atoms with van der Waals surface area (Å²) in [5.41, 5.74) is 16.7. The van der Waals surface area contributed by atoms with E-state index >= 15 is 0 Å². The van der Waals surface area contributed by atoms with Gasteiger partial charge in [0.15, 0.2) is 0 Å². The first-order chi connectivity index (χ1) is 27.8. The summed E-state index contributed by atoms with van der Waals surface area (Å²) < 4.78 is 15.0. The third kappa shape index (κ3) is 6.30. The van der Waals surface area contributed by atoms with Crippen LogP contribution in [0.4, 0.5) is 0 Å². The number of hydrogen-bond acceptors (Lipinski definition) is 2. The first-order valence-electron chi connectivity index (χ1n) is 20.0. The van der Waals surface area contributed by atoms with E-state index in [1.54, 1.807) is 0 Å². The molecule has 0 N–H and O–H groups in total. The van der Waals surface area contributed by atoms with Crippen LogP contribution in [0.25, 0.3) is 50.0 Å². The van der Waals surface area contributed by atoms with Gasteiger partial charge in [0, 0.05) is 6.20 Å². The van der Waals surface area contributed by atoms with Gasteiger partial charge in [-0.15, -0.1) is 0 Å². The molecule has 0 saturated heterocycles. The van der Waals surface area contributed by atoms with Crippen LogP contribution in [0.15, 0.2) is 140 Å². The third-order valence-electron chi connectivity index (χ3n) is 12.1. The van der Waals surface area contributed by atoms with Crippen LogP contribution in [-0.4, -0.2) is 18.5 Å². The number of ether oxygens (including phenoxy) is 1. The standard InChI is InChI=1S/C51H44N4O.Pt/c1-33(2)40-25-26-52-51(28-40)55-48-24-19-41(38-9-6-5-7-10-38)27-47(48)46-23-22-45(30-49(46)55)56-44-12-8-11-43(29-44)53-31-50-39-16-15-36-13-14-37(35(4)34(36)3)17-20-42(21-18-39)54(50)32-53;/h5-14,18-19,21-31,33H,15-17,20H2,1-4H3;. The summed E-state index contributed by atoms with van der Waals surface area (Å²) in [6, 6.07) is 46.0. The molecule has 0 saturated carbocycles. The maximum atomic E-state index is 6.74. The van der Waals surface area contributed by atoms with Crippen molar-refractivity contribution in [2.24, 2.45) is 0 Å². The summed E-state index contributed by atoms with van der Waals surface area (Å²) in [5.74, 6) is 2.86. The number of imidazole rings is 1. The van der Waals surface area contributed by atoms with Gasteiger partial charge in [-0.1, -0.05) is 50.2 Å². The molecule has 0 atom stereocenters. The van der Waals surface area contributed by atoms with Crippen LogP contribution in [0.5, 0.6) is 11.5 Å². The zero-order valence-electron chi connectivity index (χ0n) is 32.7. The SMILES string of the molecule is Cc1c2ccc(c1C)CCc1ccc(c3cn(-c4cccc(Oc5ccc6c7cc(-c8ccccc8)ccc7n(-c7cc(C(C)C)ccn7)c6c5)c4)[c](=[Pt])n13)CC2. The van der Waals surface area contributed by atoms with E-state index in [4.69, 9.17) is 9.72 Å². The van der Waals surface area contributed by atoms with E-state index in [0.717, 1.165) is 68.9 Å². The summed E-state index contributed by atoms with van der Waals surface area (Å²) in [4.78, 5) is 4.90. The Balaban J connectivity index is 1.04. The van der Waals surface area contributed by atoms with Gasteiger partial charge in [-0.3, -0.25) is 0 Å². The van der Waals surface area contributed by atoms with Gasteiger partial charge in [0.25, 0.3) is 0 Å². The zero-order valence-corrected chi connectivity index (χ0v) is 35.0. The Kier molecular flexibility index (Phi) is 8.95. The van der Waals surface area contributed by atoms with Crippen molar-refractivity contribution in [1.82, 2.24) is 18.5 Å². The number of aryl methyl sites for hydroxylation is 4. The van der Waals surface area contributed by atoms with E-state index in [0.29, 0.717) is 5.92 Å². The molecule has 6 heterocycles. The average Bonchev–Trinajstić information content (AvgIpc) is 3.75. The van der Waals surface area contributed by atoms with Crippen molar-refractivity contribution in [1.29, 1.82) is 0 Å². The minimum atomic E-state index is 0.389. The van der Waals surface area contributed by atoms with E-state index in [9.17, 15) is 0 Å². The second-order valence-electron chi connectivity index (χ2n) is 15.8. The molecule has 2 aliphatic heterocycles. The van der Waals surface area contributed by atoms with Crippen LogP contribution >= 0.6 is 0 Å². The topological polar surface area (TPSA) is 36.4 Å². The van der Waals surface area contributed by atoms with Crippen molar-refractivity contribution in [3.05, 3.63) is 183 Å². The molecule has 2 aliphatic carbocycles. The second kappa shape index (κ2) is 14.3. The summed E-state index contributed by atoms with van der Waals surface area (Å²) >= 11 is 2.51. The number of aromatic nitrogens is 4. The molecule has 0 fully saturated rings. The summed E-state index contributed by atoms with van der Waals surface area (Å²) in [5, 5.41) is 2.35. The second-order valence-corrected chi connectivity index (χ2v) is 16.8. The molecule has 6 heteroatoms. The fraction of sp³-hybridized carbons (Fsp3) is 0.176. The molecule has 5 aromatic carbocycles. The Morgan fingerprint density at radius 3 is 2.18 bits per heavy atom. The minimum absolute atomic E-state index is 0.389. The van der Waals surface area contributed by atoms with Gasteiger partial charge >= 0.3 is 261 Å². The summed E-state index contributed by atoms with van der Waals surface area (Å²) in [6.45, 7) is 9.04. The fourth-order valence-corrected chi connectivity index (χ4v) is 9.77. The van der Waals surface area contributed by atoms with Crippen LogP contribution in [0.3, 0.4) is 0 Å². The van der Waals surface area contributed by atoms with E-state index in [1.165, 1.54) is 61.1 Å². The third-order valence-corrected chi connectivity index (χ3v) is 13.2. The van der Waals surface area contributed by atoms with Gasteiger partial charge in [0.1, 0.15) is 0 Å². The van der Waals surface area contributed by atoms with Crippen LogP contribution in [-0.2, 0) is 45.0 Å². The number of rotatable bonds is 6. The maximum absolute atomic E-state index is 6.74. The molecule has 0 unspecified atom stereocenters. The van der Waals surface area contributed by atoms with Crippen molar-refractivity contribution in [3.8, 4) is 34.1 Å². The van der Waals surface area contributed by atoms with Gasteiger partial charge in [-0.25, -0.2) is 0 Å². The van der Waals surface area contributed by atoms with E-state index in [2.05, 4.69) is 188 Å². The number of fused-ring (bicyclic) bond motifs is 3. The van der Waals surface area contributed by atoms with Gasteiger partial charge in [0.05, 0.1) is 0 Å². The summed E-state index contributed by atoms with van der Waals surface area (Å²) in [7, 11) is 0. The predicted octanol–water partition coefficient (Wildman–Crippen LogP) is 12.4. The zero-order chi connectivity index (χ0) is 38.8. The molecule has 4 aromatic heterocycles. The van der Waals surface area contributed by atoms with Gasteiger partial charge < -0.3 is 0 Å². The molecule has 57 heavy (non-hydrogen) atoms. The quantitative estimate of drug-likeness (QED) is 0.167. The first kappa shape index (κ1) is 35.6. The van der Waals surface area contributed by atoms with Gasteiger partial charge in [-0.2, -0.15) is 0 Å². The van der Waals surface area contributed by atoms with Crippen LogP contribution in [0.2, 0.25) is 0 Å². The summed E-state index contributed by atoms with van der Waals surface area (Å²) in [6.07, 6.45) is 8.28. The van der Waals surface area contributed by atoms with Crippen molar-refractivity contribution >= 4 is 27.3 Å². The van der Waals surface area contributed by atoms with E-state index < -0.39 is 0 Å². The van der Waals surface area contributed by atoms with Crippen molar-refractivity contribution in [3.63, 3.8) is 0 Å². The fourth-order valence-electron chi connectivity index (χ4n) is 8.73. The Morgan fingerprint density at radius 1 is 0.614 bits per heavy atom. The van der Waals surface area contributed by atoms with Gasteiger partial charge in [-0.05, 0) is 28.7 Å². The molecular formula is C51H44N4OPt. The van der Waals surface area contributed by atoms with Crippen LogP contribution in [0.1, 0.15) is 58.8 Å². The number of benzene rings is 5. The molecule has 4 aliphatic rings. The predicted molar refractivity (Wildman–Crippen MR) is 229 cm³/mol. The molecule has 4 bridgehead atoms. The number of nitrogens with zero attached hydrogens (tertiary/aromatic N) is 4. The monoisotopic (exact) mass is 923 g/mol. The molecule has 284 valence electrons. The molecule has 0 amide bonds. The Morgan fingerprint density at radius 2 is 1.37 bits per heavy atom. The molecule has 0 spiro atoms. The van der Waals surface area contributed by atoms with Crippen molar-refractivity contribution in [2.45, 2.75) is 59.3 Å². The van der Waals surface area contributed by atoms with Crippen LogP contribution in [0, 0.1) is 17.7 Å².